The fourth-order valence-electron chi connectivity index (χ4n) is 1.79. The Balaban J connectivity index is 2.36. The molecule has 7 nitrogen and oxygen atoms in total. The minimum atomic E-state index is 0.459. The third kappa shape index (κ3) is 1.50. The van der Waals surface area contributed by atoms with Crippen molar-refractivity contribution in [2.45, 2.75) is 0 Å². The van der Waals surface area contributed by atoms with Crippen LogP contribution >= 0.6 is 12.2 Å². The molecule has 0 aliphatic rings. The summed E-state index contributed by atoms with van der Waals surface area (Å²) < 4.78 is 9.12. The maximum Gasteiger partial charge on any atom is 0.242 e. The summed E-state index contributed by atoms with van der Waals surface area (Å²) in [4.78, 5) is 11.3. The molecule has 0 amide bonds. The number of hydrogen-bond donors (Lipinski definition) is 1. The predicted octanol–water partition coefficient (Wildman–Crippen LogP) is 1.22. The second-order valence-corrected chi connectivity index (χ2v) is 4.08. The van der Waals surface area contributed by atoms with E-state index in [0.717, 1.165) is 0 Å². The molecule has 3 heterocycles. The van der Waals surface area contributed by atoms with Gasteiger partial charge in [0, 0.05) is 19.3 Å². The number of ether oxygens (including phenoxy) is 1. The quantitative estimate of drug-likeness (QED) is 0.703. The molecule has 0 fully saturated rings. The summed E-state index contributed by atoms with van der Waals surface area (Å²) in [7, 11) is 3.40. The van der Waals surface area contributed by atoms with Crippen LogP contribution in [0.1, 0.15) is 0 Å². The van der Waals surface area contributed by atoms with Gasteiger partial charge in [-0.3, -0.25) is 9.25 Å². The van der Waals surface area contributed by atoms with Gasteiger partial charge in [0.15, 0.2) is 16.2 Å². The molecule has 0 unspecified atom stereocenters. The van der Waals surface area contributed by atoms with Crippen LogP contribution < -0.4 is 4.74 Å². The minimum absolute atomic E-state index is 0.459. The van der Waals surface area contributed by atoms with Crippen LogP contribution in [0.2, 0.25) is 0 Å². The molecule has 3 aromatic heterocycles. The van der Waals surface area contributed by atoms with Crippen molar-refractivity contribution in [3.8, 4) is 11.7 Å². The molecule has 0 saturated carbocycles. The Hall–Kier alpha value is -2.22. The summed E-state index contributed by atoms with van der Waals surface area (Å²) in [6.07, 6.45) is 3.28. The number of hydrogen-bond acceptors (Lipinski definition) is 5. The Morgan fingerprint density at radius 1 is 1.39 bits per heavy atom. The van der Waals surface area contributed by atoms with E-state index in [1.54, 1.807) is 16.4 Å². The average molecular weight is 262 g/mol. The molecule has 0 radical (unpaired) electrons. The summed E-state index contributed by atoms with van der Waals surface area (Å²) in [5.41, 5.74) is 1.31. The molecule has 0 aliphatic carbocycles. The van der Waals surface area contributed by atoms with Crippen molar-refractivity contribution < 1.29 is 4.74 Å². The average Bonchev–Trinajstić information content (AvgIpc) is 2.91. The zero-order chi connectivity index (χ0) is 12.7. The standard InChI is InChI=1S/C10H10N6OS/c1-15-4-3-6(14-15)16-8-7(13-10(16)18)9(17-2)12-5-11-8/h3-5H,1-2H3,(H,13,18). The highest BCUT2D eigenvalue weighted by atomic mass is 32.1. The summed E-state index contributed by atoms with van der Waals surface area (Å²) in [6, 6.07) is 1.86. The second-order valence-electron chi connectivity index (χ2n) is 3.69. The first kappa shape index (κ1) is 10.9. The normalized spacial score (nSPS) is 11.0. The molecule has 1 N–H and O–H groups in total. The van der Waals surface area contributed by atoms with E-state index in [-0.39, 0.29) is 0 Å². The second kappa shape index (κ2) is 3.91. The van der Waals surface area contributed by atoms with E-state index in [1.165, 1.54) is 6.33 Å². The highest BCUT2D eigenvalue weighted by molar-refractivity contribution is 7.71. The number of aromatic amines is 1. The van der Waals surface area contributed by atoms with E-state index in [9.17, 15) is 0 Å². The number of nitrogens with zero attached hydrogens (tertiary/aromatic N) is 5. The van der Waals surface area contributed by atoms with Gasteiger partial charge in [-0.05, 0) is 12.2 Å². The number of H-pyrrole nitrogens is 1. The number of methoxy groups -OCH3 is 1. The van der Waals surface area contributed by atoms with Crippen molar-refractivity contribution in [1.29, 1.82) is 0 Å². The van der Waals surface area contributed by atoms with Crippen LogP contribution in [0.5, 0.6) is 5.88 Å². The van der Waals surface area contributed by atoms with Gasteiger partial charge < -0.3 is 9.72 Å². The molecule has 18 heavy (non-hydrogen) atoms. The number of aryl methyl sites for hydroxylation is 1. The van der Waals surface area contributed by atoms with Gasteiger partial charge in [0.2, 0.25) is 5.88 Å². The van der Waals surface area contributed by atoms with Gasteiger partial charge in [0.05, 0.1) is 7.11 Å². The van der Waals surface area contributed by atoms with Crippen LogP contribution in [-0.2, 0) is 7.05 Å². The van der Waals surface area contributed by atoms with E-state index in [2.05, 4.69) is 20.1 Å². The Kier molecular flexibility index (Phi) is 2.37. The largest absolute Gasteiger partial charge is 0.479 e. The first-order valence-corrected chi connectivity index (χ1v) is 5.61. The summed E-state index contributed by atoms with van der Waals surface area (Å²) in [6.45, 7) is 0. The molecule has 0 saturated heterocycles. The fourth-order valence-corrected chi connectivity index (χ4v) is 2.07. The lowest BCUT2D eigenvalue weighted by molar-refractivity contribution is 0.401. The molecular weight excluding hydrogens is 252 g/mol. The number of imidazole rings is 1. The van der Waals surface area contributed by atoms with Crippen molar-refractivity contribution in [3.63, 3.8) is 0 Å². The van der Waals surface area contributed by atoms with Crippen LogP contribution in [0, 0.1) is 4.77 Å². The molecule has 3 rings (SSSR count). The van der Waals surface area contributed by atoms with E-state index in [1.807, 2.05) is 19.3 Å². The molecule has 0 bridgehead atoms. The smallest absolute Gasteiger partial charge is 0.242 e. The molecule has 0 aromatic carbocycles. The fraction of sp³-hybridized carbons (Fsp3) is 0.200. The predicted molar refractivity (Wildman–Crippen MR) is 67.4 cm³/mol. The Bertz CT molecular complexity index is 770. The zero-order valence-electron chi connectivity index (χ0n) is 9.78. The lowest BCUT2D eigenvalue weighted by atomic mass is 10.5. The van der Waals surface area contributed by atoms with E-state index >= 15 is 0 Å². The van der Waals surface area contributed by atoms with Gasteiger partial charge in [-0.2, -0.15) is 10.1 Å². The number of rotatable bonds is 2. The lowest BCUT2D eigenvalue weighted by Gasteiger charge is -2.00. The van der Waals surface area contributed by atoms with Gasteiger partial charge in [0.1, 0.15) is 11.8 Å². The van der Waals surface area contributed by atoms with Gasteiger partial charge in [-0.1, -0.05) is 0 Å². The Morgan fingerprint density at radius 3 is 2.89 bits per heavy atom. The lowest BCUT2D eigenvalue weighted by Crippen LogP contribution is -1.99. The third-order valence-corrected chi connectivity index (χ3v) is 2.85. The number of aromatic nitrogens is 6. The van der Waals surface area contributed by atoms with Crippen LogP contribution in [0.25, 0.3) is 17.0 Å². The highest BCUT2D eigenvalue weighted by Gasteiger charge is 2.13. The molecular formula is C10H10N6OS. The van der Waals surface area contributed by atoms with Crippen LogP contribution in [-0.4, -0.2) is 36.4 Å². The maximum atomic E-state index is 5.29. The molecule has 3 aromatic rings. The van der Waals surface area contributed by atoms with Gasteiger partial charge in [-0.15, -0.1) is 0 Å². The van der Waals surface area contributed by atoms with Crippen molar-refractivity contribution in [2.75, 3.05) is 7.11 Å². The van der Waals surface area contributed by atoms with E-state index in [0.29, 0.717) is 27.6 Å². The first-order chi connectivity index (χ1) is 8.70. The summed E-state index contributed by atoms with van der Waals surface area (Å²) in [5.74, 6) is 1.16. The monoisotopic (exact) mass is 262 g/mol. The number of nitrogens with one attached hydrogen (secondary N) is 1. The van der Waals surface area contributed by atoms with Crippen molar-refractivity contribution >= 4 is 23.4 Å². The molecule has 0 spiro atoms. The van der Waals surface area contributed by atoms with E-state index < -0.39 is 0 Å². The molecule has 92 valence electrons. The zero-order valence-corrected chi connectivity index (χ0v) is 10.6. The molecule has 8 heteroatoms. The third-order valence-electron chi connectivity index (χ3n) is 2.56. The van der Waals surface area contributed by atoms with Gasteiger partial charge in [0.25, 0.3) is 0 Å². The first-order valence-electron chi connectivity index (χ1n) is 5.20. The SMILES string of the molecule is COc1ncnc2c1[nH]c(=S)n2-c1ccn(C)n1. The van der Waals surface area contributed by atoms with Crippen LogP contribution in [0.15, 0.2) is 18.6 Å². The highest BCUT2D eigenvalue weighted by Crippen LogP contribution is 2.22. The van der Waals surface area contributed by atoms with Gasteiger partial charge >= 0.3 is 0 Å². The molecule has 0 aliphatic heterocycles. The number of fused-ring (bicyclic) bond motifs is 1. The Morgan fingerprint density at radius 2 is 2.22 bits per heavy atom. The van der Waals surface area contributed by atoms with Crippen molar-refractivity contribution in [3.05, 3.63) is 23.4 Å². The Labute approximate surface area is 107 Å². The van der Waals surface area contributed by atoms with E-state index in [4.69, 9.17) is 17.0 Å². The maximum absolute atomic E-state index is 5.29. The van der Waals surface area contributed by atoms with Gasteiger partial charge in [-0.25, -0.2) is 4.98 Å². The minimum Gasteiger partial charge on any atom is -0.479 e. The van der Waals surface area contributed by atoms with Crippen LogP contribution in [0.4, 0.5) is 0 Å². The summed E-state index contributed by atoms with van der Waals surface area (Å²) in [5, 5.41) is 4.31. The van der Waals surface area contributed by atoms with Crippen LogP contribution in [0.3, 0.4) is 0 Å². The van der Waals surface area contributed by atoms with Crippen molar-refractivity contribution in [1.82, 2.24) is 29.3 Å². The molecule has 0 atom stereocenters. The summed E-state index contributed by atoms with van der Waals surface area (Å²) >= 11 is 5.29. The topological polar surface area (TPSA) is 73.6 Å². The van der Waals surface area contributed by atoms with Crippen molar-refractivity contribution in [2.24, 2.45) is 7.05 Å².